The van der Waals surface area contributed by atoms with Gasteiger partial charge >= 0.3 is 0 Å². The molecule has 1 aliphatic heterocycles. The molecule has 1 heterocycles. The number of hydrogen-bond donors (Lipinski definition) is 1. The van der Waals surface area contributed by atoms with Crippen LogP contribution in [0.25, 0.3) is 0 Å². The highest BCUT2D eigenvalue weighted by atomic mass is 19.1. The smallest absolute Gasteiger partial charge is 0.125 e. The number of nitrogens with one attached hydrogen (secondary N) is 1. The van der Waals surface area contributed by atoms with Crippen LogP contribution in [0.1, 0.15) is 13.8 Å². The number of fused-ring (bicyclic) bond motifs is 1. The fourth-order valence-corrected chi connectivity index (χ4v) is 2.24. The van der Waals surface area contributed by atoms with Gasteiger partial charge < -0.3 is 10.2 Å². The van der Waals surface area contributed by atoms with Crippen molar-refractivity contribution >= 4 is 11.4 Å². The largest absolute Gasteiger partial charge is 0.383 e. The second-order valence-electron chi connectivity index (χ2n) is 5.35. The lowest BCUT2D eigenvalue weighted by Gasteiger charge is -2.30. The first-order valence-electron chi connectivity index (χ1n) is 5.91. The molecule has 0 unspecified atom stereocenters. The molecule has 0 aromatic heterocycles. The summed E-state index contributed by atoms with van der Waals surface area (Å²) in [5.41, 5.74) is 2.08. The molecule has 2 rings (SSSR count). The predicted octanol–water partition coefficient (Wildman–Crippen LogP) is 3.27. The molecule has 0 saturated heterocycles. The van der Waals surface area contributed by atoms with E-state index in [2.05, 4.69) is 30.6 Å². The van der Waals surface area contributed by atoms with Gasteiger partial charge in [-0.15, -0.1) is 6.58 Å². The van der Waals surface area contributed by atoms with Crippen LogP contribution >= 0.6 is 0 Å². The third-order valence-corrected chi connectivity index (χ3v) is 3.03. The van der Waals surface area contributed by atoms with Crippen LogP contribution in [0.4, 0.5) is 15.8 Å². The molecule has 1 N–H and O–H groups in total. The molecule has 1 aromatic carbocycles. The van der Waals surface area contributed by atoms with Crippen molar-refractivity contribution in [3.8, 4) is 0 Å². The second kappa shape index (κ2) is 4.40. The first kappa shape index (κ1) is 12.0. The SMILES string of the molecule is C=CCN1CC(C)(C)CNc2cc(F)ccc21. The number of hydrogen-bond acceptors (Lipinski definition) is 2. The number of benzene rings is 1. The van der Waals surface area contributed by atoms with Crippen molar-refractivity contribution in [2.24, 2.45) is 5.41 Å². The summed E-state index contributed by atoms with van der Waals surface area (Å²) in [7, 11) is 0. The lowest BCUT2D eigenvalue weighted by molar-refractivity contribution is 0.399. The van der Waals surface area contributed by atoms with Crippen LogP contribution in [-0.4, -0.2) is 19.6 Å². The monoisotopic (exact) mass is 234 g/mol. The molecular weight excluding hydrogens is 215 g/mol. The quantitative estimate of drug-likeness (QED) is 0.790. The predicted molar refractivity (Wildman–Crippen MR) is 71.1 cm³/mol. The summed E-state index contributed by atoms with van der Waals surface area (Å²) in [5, 5.41) is 3.33. The summed E-state index contributed by atoms with van der Waals surface area (Å²) in [6.45, 7) is 10.8. The van der Waals surface area contributed by atoms with Gasteiger partial charge in [-0.05, 0) is 23.6 Å². The molecule has 92 valence electrons. The van der Waals surface area contributed by atoms with E-state index in [9.17, 15) is 4.39 Å². The summed E-state index contributed by atoms with van der Waals surface area (Å²) in [5.74, 6) is -0.200. The molecule has 3 heteroatoms. The molecule has 0 amide bonds. The van der Waals surface area contributed by atoms with Crippen molar-refractivity contribution < 1.29 is 4.39 Å². The maximum atomic E-state index is 13.3. The van der Waals surface area contributed by atoms with E-state index in [0.717, 1.165) is 31.0 Å². The highest BCUT2D eigenvalue weighted by molar-refractivity contribution is 5.71. The molecule has 0 spiro atoms. The zero-order chi connectivity index (χ0) is 12.5. The number of rotatable bonds is 2. The molecule has 0 radical (unpaired) electrons. The van der Waals surface area contributed by atoms with Gasteiger partial charge in [0, 0.05) is 19.6 Å². The number of nitrogens with zero attached hydrogens (tertiary/aromatic N) is 1. The van der Waals surface area contributed by atoms with Gasteiger partial charge in [0.1, 0.15) is 5.82 Å². The topological polar surface area (TPSA) is 15.3 Å². The summed E-state index contributed by atoms with van der Waals surface area (Å²) in [6, 6.07) is 4.91. The van der Waals surface area contributed by atoms with Crippen molar-refractivity contribution in [2.45, 2.75) is 13.8 Å². The minimum Gasteiger partial charge on any atom is -0.383 e. The maximum Gasteiger partial charge on any atom is 0.125 e. The Kier molecular flexibility index (Phi) is 3.09. The van der Waals surface area contributed by atoms with E-state index >= 15 is 0 Å². The van der Waals surface area contributed by atoms with E-state index in [1.54, 1.807) is 6.07 Å². The van der Waals surface area contributed by atoms with Crippen molar-refractivity contribution in [1.82, 2.24) is 0 Å². The Morgan fingerprint density at radius 2 is 2.29 bits per heavy atom. The number of anilines is 2. The van der Waals surface area contributed by atoms with E-state index in [0.29, 0.717) is 0 Å². The fourth-order valence-electron chi connectivity index (χ4n) is 2.24. The van der Waals surface area contributed by atoms with Gasteiger partial charge in [0.15, 0.2) is 0 Å². The molecule has 17 heavy (non-hydrogen) atoms. The van der Waals surface area contributed by atoms with Crippen molar-refractivity contribution in [3.05, 3.63) is 36.7 Å². The van der Waals surface area contributed by atoms with Crippen molar-refractivity contribution in [1.29, 1.82) is 0 Å². The fraction of sp³-hybridized carbons (Fsp3) is 0.429. The molecule has 0 fully saturated rings. The van der Waals surface area contributed by atoms with Gasteiger partial charge in [0.05, 0.1) is 11.4 Å². The van der Waals surface area contributed by atoms with Crippen LogP contribution in [0.2, 0.25) is 0 Å². The van der Waals surface area contributed by atoms with Crippen LogP contribution in [0.5, 0.6) is 0 Å². The molecular formula is C14H19FN2. The minimum atomic E-state index is -0.200. The van der Waals surface area contributed by atoms with Crippen molar-refractivity contribution in [3.63, 3.8) is 0 Å². The summed E-state index contributed by atoms with van der Waals surface area (Å²) in [4.78, 5) is 2.24. The average Bonchev–Trinajstić information content (AvgIpc) is 2.37. The first-order valence-corrected chi connectivity index (χ1v) is 5.91. The molecule has 2 nitrogen and oxygen atoms in total. The third-order valence-electron chi connectivity index (χ3n) is 3.03. The zero-order valence-electron chi connectivity index (χ0n) is 10.5. The summed E-state index contributed by atoms with van der Waals surface area (Å²) < 4.78 is 13.3. The van der Waals surface area contributed by atoms with Crippen LogP contribution in [0.3, 0.4) is 0 Å². The van der Waals surface area contributed by atoms with E-state index in [1.165, 1.54) is 6.07 Å². The Morgan fingerprint density at radius 1 is 1.53 bits per heavy atom. The van der Waals surface area contributed by atoms with Crippen LogP contribution in [0, 0.1) is 11.2 Å². The van der Waals surface area contributed by atoms with Crippen LogP contribution in [-0.2, 0) is 0 Å². The van der Waals surface area contributed by atoms with Crippen LogP contribution < -0.4 is 10.2 Å². The Hall–Kier alpha value is -1.51. The van der Waals surface area contributed by atoms with Gasteiger partial charge in [-0.3, -0.25) is 0 Å². The Balaban J connectivity index is 2.40. The van der Waals surface area contributed by atoms with Gasteiger partial charge in [-0.1, -0.05) is 19.9 Å². The highest BCUT2D eigenvalue weighted by Crippen LogP contribution is 2.33. The normalized spacial score (nSPS) is 17.9. The van der Waals surface area contributed by atoms with Gasteiger partial charge in [-0.2, -0.15) is 0 Å². The Morgan fingerprint density at radius 3 is 3.00 bits per heavy atom. The third kappa shape index (κ3) is 2.60. The Labute approximate surface area is 102 Å². The Bertz CT molecular complexity index is 426. The van der Waals surface area contributed by atoms with Crippen molar-refractivity contribution in [2.75, 3.05) is 29.9 Å². The van der Waals surface area contributed by atoms with Gasteiger partial charge in [-0.25, -0.2) is 4.39 Å². The van der Waals surface area contributed by atoms with Crippen LogP contribution in [0.15, 0.2) is 30.9 Å². The summed E-state index contributed by atoms with van der Waals surface area (Å²) >= 11 is 0. The molecule has 1 aromatic rings. The van der Waals surface area contributed by atoms with Gasteiger partial charge in [0.25, 0.3) is 0 Å². The molecule has 0 atom stereocenters. The average molecular weight is 234 g/mol. The standard InChI is InChI=1S/C14H19FN2/c1-4-7-17-10-14(2,3)9-16-12-8-11(15)5-6-13(12)17/h4-6,8,16H,1,7,9-10H2,2-3H3. The number of halogens is 1. The molecule has 1 aliphatic rings. The first-order chi connectivity index (χ1) is 8.02. The zero-order valence-corrected chi connectivity index (χ0v) is 10.5. The lowest BCUT2D eigenvalue weighted by Crippen LogP contribution is -2.35. The lowest BCUT2D eigenvalue weighted by atomic mass is 9.93. The minimum absolute atomic E-state index is 0.151. The second-order valence-corrected chi connectivity index (χ2v) is 5.35. The molecule has 0 aliphatic carbocycles. The van der Waals surface area contributed by atoms with E-state index < -0.39 is 0 Å². The van der Waals surface area contributed by atoms with E-state index in [1.807, 2.05) is 12.1 Å². The van der Waals surface area contributed by atoms with E-state index in [-0.39, 0.29) is 11.2 Å². The molecule has 0 bridgehead atoms. The molecule has 0 saturated carbocycles. The van der Waals surface area contributed by atoms with Gasteiger partial charge in [0.2, 0.25) is 0 Å². The summed E-state index contributed by atoms with van der Waals surface area (Å²) in [6.07, 6.45) is 1.88. The maximum absolute atomic E-state index is 13.3. The van der Waals surface area contributed by atoms with E-state index in [4.69, 9.17) is 0 Å². The highest BCUT2D eigenvalue weighted by Gasteiger charge is 2.26.